The van der Waals surface area contributed by atoms with E-state index in [1.165, 1.54) is 26.5 Å². The van der Waals surface area contributed by atoms with Gasteiger partial charge in [-0.3, -0.25) is 0 Å². The maximum atomic E-state index is 15.6. The minimum Gasteiger partial charge on any atom is -0.497 e. The van der Waals surface area contributed by atoms with Gasteiger partial charge in [-0.05, 0) is 58.1 Å². The van der Waals surface area contributed by atoms with Gasteiger partial charge in [-0.1, -0.05) is 0 Å². The molecule has 0 aliphatic carbocycles. The number of piperidine rings is 1. The van der Waals surface area contributed by atoms with Gasteiger partial charge in [0, 0.05) is 48.2 Å². The quantitative estimate of drug-likeness (QED) is 0.386. The van der Waals surface area contributed by atoms with Gasteiger partial charge in [0.25, 0.3) is 10.0 Å². The molecule has 0 saturated carbocycles. The van der Waals surface area contributed by atoms with Crippen LogP contribution in [0.25, 0.3) is 0 Å². The molecule has 0 unspecified atom stereocenters. The molecule has 1 aliphatic heterocycles. The molecule has 12 heteroatoms. The van der Waals surface area contributed by atoms with Crippen molar-refractivity contribution in [3.05, 3.63) is 66.1 Å². The Bertz CT molecular complexity index is 1400. The van der Waals surface area contributed by atoms with Crippen LogP contribution in [0.3, 0.4) is 0 Å². The molecule has 1 saturated heterocycles. The summed E-state index contributed by atoms with van der Waals surface area (Å²) in [5.74, 6) is -1.56. The molecular weight excluding hydrogens is 528 g/mol. The topological polar surface area (TPSA) is 88.1 Å². The Hall–Kier alpha value is -3.51. The van der Waals surface area contributed by atoms with E-state index in [-0.39, 0.29) is 17.9 Å². The Morgan fingerprint density at radius 3 is 2.38 bits per heavy atom. The first-order valence-corrected chi connectivity index (χ1v) is 13.9. The Morgan fingerprint density at radius 2 is 1.79 bits per heavy atom. The fourth-order valence-corrected chi connectivity index (χ4v) is 6.24. The van der Waals surface area contributed by atoms with Gasteiger partial charge in [0.15, 0.2) is 4.90 Å². The molecule has 1 aromatic heterocycles. The molecule has 0 radical (unpaired) electrons. The number of rotatable bonds is 9. The SMILES string of the molecule is COc1ccc(CN(c2ccncn2)S(=O)(=O)c2c(F)cc(N3CCC[C@@](C)(N(C)C)C3)cc2F)c(OC)c1. The zero-order valence-corrected chi connectivity index (χ0v) is 23.5. The van der Waals surface area contributed by atoms with Gasteiger partial charge in [-0.15, -0.1) is 0 Å². The molecule has 0 spiro atoms. The van der Waals surface area contributed by atoms with Crippen LogP contribution in [0.1, 0.15) is 25.3 Å². The first-order chi connectivity index (χ1) is 18.5. The number of hydrogen-bond donors (Lipinski definition) is 0. The standard InChI is InChI=1S/C27H33F2N5O4S/c1-27(32(2)3)10-6-12-33(17-27)20-13-22(28)26(23(29)14-20)39(35,36)34(25-9-11-30-18-31-25)16-19-7-8-21(37-4)15-24(19)38-5/h7-9,11,13-15,18H,6,10,12,16-17H2,1-5H3/t27-/m1/s1. The van der Waals surface area contributed by atoms with Crippen LogP contribution in [0, 0.1) is 11.6 Å². The van der Waals surface area contributed by atoms with Gasteiger partial charge >= 0.3 is 0 Å². The number of nitrogens with zero attached hydrogens (tertiary/aromatic N) is 5. The molecule has 0 amide bonds. The predicted molar refractivity (Wildman–Crippen MR) is 145 cm³/mol. The van der Waals surface area contributed by atoms with Gasteiger partial charge in [0.1, 0.15) is 35.3 Å². The van der Waals surface area contributed by atoms with Crippen LogP contribution < -0.4 is 18.7 Å². The van der Waals surface area contributed by atoms with Crippen LogP contribution in [0.4, 0.5) is 20.3 Å². The van der Waals surface area contributed by atoms with Gasteiger partial charge in [-0.25, -0.2) is 31.5 Å². The molecule has 4 rings (SSSR count). The van der Waals surface area contributed by atoms with Crippen molar-refractivity contribution in [1.29, 1.82) is 0 Å². The molecule has 2 aromatic carbocycles. The van der Waals surface area contributed by atoms with E-state index in [4.69, 9.17) is 9.47 Å². The number of aromatic nitrogens is 2. The summed E-state index contributed by atoms with van der Waals surface area (Å²) < 4.78 is 70.5. The number of anilines is 2. The fourth-order valence-electron chi connectivity index (χ4n) is 4.75. The molecule has 3 aromatic rings. The summed E-state index contributed by atoms with van der Waals surface area (Å²) in [5, 5.41) is 0. The summed E-state index contributed by atoms with van der Waals surface area (Å²) in [6.45, 7) is 2.95. The summed E-state index contributed by atoms with van der Waals surface area (Å²) in [7, 11) is 2.11. The van der Waals surface area contributed by atoms with E-state index in [9.17, 15) is 8.42 Å². The Kier molecular flexibility index (Phi) is 8.26. The van der Waals surface area contributed by atoms with Crippen molar-refractivity contribution in [2.45, 2.75) is 36.7 Å². The highest BCUT2D eigenvalue weighted by Gasteiger charge is 2.36. The Balaban J connectivity index is 1.75. The summed E-state index contributed by atoms with van der Waals surface area (Å²) in [6, 6.07) is 8.38. The van der Waals surface area contributed by atoms with Crippen LogP contribution in [0.15, 0.2) is 53.8 Å². The minimum atomic E-state index is -4.76. The van der Waals surface area contributed by atoms with E-state index in [0.717, 1.165) is 35.6 Å². The lowest BCUT2D eigenvalue weighted by Crippen LogP contribution is -2.54. The highest BCUT2D eigenvalue weighted by molar-refractivity contribution is 7.92. The minimum absolute atomic E-state index is 0.0523. The number of sulfonamides is 1. The first kappa shape index (κ1) is 28.5. The molecule has 2 heterocycles. The van der Waals surface area contributed by atoms with E-state index >= 15 is 8.78 Å². The second kappa shape index (κ2) is 11.3. The van der Waals surface area contributed by atoms with Gasteiger partial charge in [0.05, 0.1) is 20.8 Å². The van der Waals surface area contributed by atoms with E-state index in [1.54, 1.807) is 18.2 Å². The number of likely N-dealkylation sites (N-methyl/N-ethyl adjacent to an activating group) is 1. The molecule has 39 heavy (non-hydrogen) atoms. The van der Waals surface area contributed by atoms with Crippen molar-refractivity contribution in [3.8, 4) is 11.5 Å². The Labute approximate surface area is 228 Å². The van der Waals surface area contributed by atoms with Crippen molar-refractivity contribution in [3.63, 3.8) is 0 Å². The summed E-state index contributed by atoms with van der Waals surface area (Å²) in [5.41, 5.74) is 0.549. The maximum absolute atomic E-state index is 15.6. The van der Waals surface area contributed by atoms with E-state index in [1.807, 2.05) is 19.0 Å². The third-order valence-electron chi connectivity index (χ3n) is 7.28. The molecule has 210 valence electrons. The molecule has 1 aliphatic rings. The highest BCUT2D eigenvalue weighted by Crippen LogP contribution is 2.35. The monoisotopic (exact) mass is 561 g/mol. The van der Waals surface area contributed by atoms with Crippen LogP contribution in [-0.2, 0) is 16.6 Å². The molecule has 9 nitrogen and oxygen atoms in total. The number of benzene rings is 2. The van der Waals surface area contributed by atoms with E-state index in [2.05, 4.69) is 21.8 Å². The number of methoxy groups -OCH3 is 2. The predicted octanol–water partition coefficient (Wildman–Crippen LogP) is 4.09. The van der Waals surface area contributed by atoms with Crippen LogP contribution in [0.2, 0.25) is 0 Å². The second-order valence-electron chi connectivity index (χ2n) is 9.91. The summed E-state index contributed by atoms with van der Waals surface area (Å²) in [6.07, 6.45) is 4.29. The summed E-state index contributed by atoms with van der Waals surface area (Å²) >= 11 is 0. The lowest BCUT2D eigenvalue weighted by Gasteiger charge is -2.45. The fraction of sp³-hybridized carbons (Fsp3) is 0.407. The third kappa shape index (κ3) is 5.76. The van der Waals surface area contributed by atoms with Crippen molar-refractivity contribution >= 4 is 21.5 Å². The molecule has 0 N–H and O–H groups in total. The van der Waals surface area contributed by atoms with E-state index in [0.29, 0.717) is 35.8 Å². The van der Waals surface area contributed by atoms with Gasteiger partial charge < -0.3 is 19.3 Å². The van der Waals surface area contributed by atoms with Crippen molar-refractivity contribution < 1.29 is 26.7 Å². The largest absolute Gasteiger partial charge is 0.497 e. The molecular formula is C27H33F2N5O4S. The van der Waals surface area contributed by atoms with E-state index < -0.39 is 26.6 Å². The summed E-state index contributed by atoms with van der Waals surface area (Å²) in [4.78, 5) is 10.8. The number of halogens is 2. The zero-order chi connectivity index (χ0) is 28.4. The molecule has 0 bridgehead atoms. The lowest BCUT2D eigenvalue weighted by molar-refractivity contribution is 0.147. The van der Waals surface area contributed by atoms with Crippen LogP contribution in [-0.4, -0.2) is 70.2 Å². The maximum Gasteiger partial charge on any atom is 0.271 e. The number of ether oxygens (including phenoxy) is 2. The highest BCUT2D eigenvalue weighted by atomic mass is 32.2. The molecule has 1 fully saturated rings. The first-order valence-electron chi connectivity index (χ1n) is 12.4. The third-order valence-corrected chi connectivity index (χ3v) is 9.08. The molecule has 1 atom stereocenters. The smallest absolute Gasteiger partial charge is 0.271 e. The van der Waals surface area contributed by atoms with Crippen molar-refractivity contribution in [2.75, 3.05) is 50.6 Å². The van der Waals surface area contributed by atoms with Crippen LogP contribution in [0.5, 0.6) is 11.5 Å². The zero-order valence-electron chi connectivity index (χ0n) is 22.7. The van der Waals surface area contributed by atoms with Gasteiger partial charge in [-0.2, -0.15) is 0 Å². The average Bonchev–Trinajstić information content (AvgIpc) is 2.91. The van der Waals surface area contributed by atoms with Crippen molar-refractivity contribution in [2.24, 2.45) is 0 Å². The lowest BCUT2D eigenvalue weighted by atomic mass is 9.89. The Morgan fingerprint density at radius 1 is 1.08 bits per heavy atom. The van der Waals surface area contributed by atoms with Crippen LogP contribution >= 0.6 is 0 Å². The number of hydrogen-bond acceptors (Lipinski definition) is 8. The average molecular weight is 562 g/mol. The second-order valence-corrected chi connectivity index (χ2v) is 11.7. The van der Waals surface area contributed by atoms with Crippen molar-refractivity contribution in [1.82, 2.24) is 14.9 Å². The van der Waals surface area contributed by atoms with Gasteiger partial charge in [0.2, 0.25) is 0 Å². The normalized spacial score (nSPS) is 17.8.